The van der Waals surface area contributed by atoms with Crippen LogP contribution < -0.4 is 5.32 Å². The molecule has 1 atom stereocenters. The molecule has 0 bridgehead atoms. The number of hydrogen-bond donors (Lipinski definition) is 2. The van der Waals surface area contributed by atoms with E-state index in [1.165, 1.54) is 5.56 Å². The summed E-state index contributed by atoms with van der Waals surface area (Å²) in [6.07, 6.45) is -0.344. The van der Waals surface area contributed by atoms with Gasteiger partial charge in [0, 0.05) is 26.2 Å². The van der Waals surface area contributed by atoms with E-state index in [1.807, 2.05) is 18.2 Å². The van der Waals surface area contributed by atoms with E-state index in [9.17, 15) is 5.11 Å². The van der Waals surface area contributed by atoms with Gasteiger partial charge in [-0.25, -0.2) is 0 Å². The molecule has 1 saturated heterocycles. The standard InChI is InChI=1S/C11H16N2O.ClH/c14-11-8-12-6-7-13(11)9-10-4-2-1-3-5-10;/h1-5,11-12,14H,6-9H2;1H. The van der Waals surface area contributed by atoms with Gasteiger partial charge in [-0.2, -0.15) is 0 Å². The third kappa shape index (κ3) is 3.47. The fourth-order valence-corrected chi connectivity index (χ4v) is 1.73. The van der Waals surface area contributed by atoms with E-state index in [4.69, 9.17) is 0 Å². The maximum absolute atomic E-state index is 9.69. The van der Waals surface area contributed by atoms with Crippen LogP contribution in [0.1, 0.15) is 5.56 Å². The Bertz CT molecular complexity index is 281. The molecule has 2 N–H and O–H groups in total. The van der Waals surface area contributed by atoms with Crippen molar-refractivity contribution < 1.29 is 5.11 Å². The summed E-state index contributed by atoms with van der Waals surface area (Å²) >= 11 is 0. The number of aliphatic hydroxyl groups excluding tert-OH is 1. The maximum atomic E-state index is 9.69. The minimum atomic E-state index is -0.344. The van der Waals surface area contributed by atoms with Crippen LogP contribution in [0, 0.1) is 0 Å². The van der Waals surface area contributed by atoms with Gasteiger partial charge in [0.25, 0.3) is 0 Å². The van der Waals surface area contributed by atoms with Gasteiger partial charge in [0.15, 0.2) is 0 Å². The van der Waals surface area contributed by atoms with Gasteiger partial charge in [-0.15, -0.1) is 12.4 Å². The first-order valence-electron chi connectivity index (χ1n) is 5.03. The minimum Gasteiger partial charge on any atom is -0.377 e. The van der Waals surface area contributed by atoms with Crippen LogP contribution in [0.3, 0.4) is 0 Å². The summed E-state index contributed by atoms with van der Waals surface area (Å²) in [5, 5.41) is 12.9. The molecule has 0 spiro atoms. The van der Waals surface area contributed by atoms with E-state index in [0.29, 0.717) is 6.54 Å². The molecule has 2 rings (SSSR count). The average Bonchev–Trinajstić information content (AvgIpc) is 2.23. The van der Waals surface area contributed by atoms with Crippen LogP contribution in [0.5, 0.6) is 0 Å². The molecule has 3 nitrogen and oxygen atoms in total. The highest BCUT2D eigenvalue weighted by atomic mass is 35.5. The van der Waals surface area contributed by atoms with Crippen molar-refractivity contribution in [1.29, 1.82) is 0 Å². The van der Waals surface area contributed by atoms with Gasteiger partial charge in [-0.05, 0) is 5.56 Å². The number of nitrogens with one attached hydrogen (secondary N) is 1. The molecule has 1 heterocycles. The Morgan fingerprint density at radius 1 is 1.33 bits per heavy atom. The van der Waals surface area contributed by atoms with Gasteiger partial charge in [0.05, 0.1) is 0 Å². The zero-order valence-corrected chi connectivity index (χ0v) is 9.41. The highest BCUT2D eigenvalue weighted by molar-refractivity contribution is 5.85. The molecule has 1 aliphatic rings. The molecule has 1 aromatic carbocycles. The van der Waals surface area contributed by atoms with Crippen molar-refractivity contribution in [1.82, 2.24) is 10.2 Å². The molecule has 0 aliphatic carbocycles. The summed E-state index contributed by atoms with van der Waals surface area (Å²) in [6, 6.07) is 10.3. The van der Waals surface area contributed by atoms with Crippen LogP contribution in [-0.4, -0.2) is 35.9 Å². The summed E-state index contributed by atoms with van der Waals surface area (Å²) in [4.78, 5) is 2.09. The first-order valence-corrected chi connectivity index (χ1v) is 5.03. The summed E-state index contributed by atoms with van der Waals surface area (Å²) in [6.45, 7) is 3.39. The highest BCUT2D eigenvalue weighted by Gasteiger charge is 2.18. The Kier molecular flexibility index (Phi) is 5.05. The first-order chi connectivity index (χ1) is 6.86. The van der Waals surface area contributed by atoms with E-state index in [0.717, 1.165) is 19.6 Å². The second kappa shape index (κ2) is 6.08. The van der Waals surface area contributed by atoms with Gasteiger partial charge < -0.3 is 10.4 Å². The topological polar surface area (TPSA) is 35.5 Å². The fourth-order valence-electron chi connectivity index (χ4n) is 1.73. The summed E-state index contributed by atoms with van der Waals surface area (Å²) in [5.74, 6) is 0. The largest absolute Gasteiger partial charge is 0.377 e. The normalized spacial score (nSPS) is 22.1. The lowest BCUT2D eigenvalue weighted by Crippen LogP contribution is -2.50. The number of piperazine rings is 1. The van der Waals surface area contributed by atoms with E-state index in [2.05, 4.69) is 22.3 Å². The zero-order valence-electron chi connectivity index (χ0n) is 8.60. The Labute approximate surface area is 96.5 Å². The third-order valence-electron chi connectivity index (χ3n) is 2.55. The number of rotatable bonds is 2. The molecule has 1 aromatic rings. The Morgan fingerprint density at radius 2 is 2.07 bits per heavy atom. The lowest BCUT2D eigenvalue weighted by atomic mass is 10.2. The van der Waals surface area contributed by atoms with Crippen molar-refractivity contribution in [3.63, 3.8) is 0 Å². The van der Waals surface area contributed by atoms with Crippen LogP contribution in [0.25, 0.3) is 0 Å². The van der Waals surface area contributed by atoms with Crippen molar-refractivity contribution in [2.24, 2.45) is 0 Å². The van der Waals surface area contributed by atoms with Gasteiger partial charge in [0.1, 0.15) is 6.23 Å². The average molecular weight is 229 g/mol. The van der Waals surface area contributed by atoms with Crippen molar-refractivity contribution in [3.8, 4) is 0 Å². The molecule has 0 saturated carbocycles. The van der Waals surface area contributed by atoms with E-state index in [-0.39, 0.29) is 18.6 Å². The number of halogens is 1. The number of aliphatic hydroxyl groups is 1. The second-order valence-corrected chi connectivity index (χ2v) is 3.64. The fraction of sp³-hybridized carbons (Fsp3) is 0.455. The molecule has 15 heavy (non-hydrogen) atoms. The van der Waals surface area contributed by atoms with E-state index >= 15 is 0 Å². The first kappa shape index (κ1) is 12.5. The summed E-state index contributed by atoms with van der Waals surface area (Å²) in [7, 11) is 0. The lowest BCUT2D eigenvalue weighted by molar-refractivity contribution is -0.0180. The predicted octanol–water partition coefficient (Wildman–Crippen LogP) is 0.832. The quantitative estimate of drug-likeness (QED) is 0.787. The lowest BCUT2D eigenvalue weighted by Gasteiger charge is -2.32. The molecule has 0 amide bonds. The molecule has 4 heteroatoms. The van der Waals surface area contributed by atoms with Crippen LogP contribution in [-0.2, 0) is 6.54 Å². The van der Waals surface area contributed by atoms with E-state index < -0.39 is 0 Å². The van der Waals surface area contributed by atoms with E-state index in [1.54, 1.807) is 0 Å². The molecule has 1 aliphatic heterocycles. The molecular formula is C11H17ClN2O. The van der Waals surface area contributed by atoms with Gasteiger partial charge in [-0.1, -0.05) is 30.3 Å². The molecule has 84 valence electrons. The van der Waals surface area contributed by atoms with Crippen LogP contribution in [0.4, 0.5) is 0 Å². The highest BCUT2D eigenvalue weighted by Crippen LogP contribution is 2.08. The Balaban J connectivity index is 0.00000112. The number of β-amino-alcohol motifs (C(OH)–C–C–N with tert-alkyl or cyclic N) is 1. The molecule has 1 unspecified atom stereocenters. The Morgan fingerprint density at radius 3 is 2.73 bits per heavy atom. The maximum Gasteiger partial charge on any atom is 0.120 e. The van der Waals surface area contributed by atoms with Gasteiger partial charge >= 0.3 is 0 Å². The minimum absolute atomic E-state index is 0. The molecule has 1 fully saturated rings. The van der Waals surface area contributed by atoms with Gasteiger partial charge in [0.2, 0.25) is 0 Å². The smallest absolute Gasteiger partial charge is 0.120 e. The van der Waals surface area contributed by atoms with Crippen molar-refractivity contribution in [3.05, 3.63) is 35.9 Å². The second-order valence-electron chi connectivity index (χ2n) is 3.64. The number of hydrogen-bond acceptors (Lipinski definition) is 3. The van der Waals surface area contributed by atoms with Crippen molar-refractivity contribution in [2.75, 3.05) is 19.6 Å². The molecule has 0 aromatic heterocycles. The van der Waals surface area contributed by atoms with Crippen molar-refractivity contribution >= 4 is 12.4 Å². The zero-order chi connectivity index (χ0) is 9.80. The number of benzene rings is 1. The SMILES string of the molecule is Cl.OC1CNCCN1Cc1ccccc1. The summed E-state index contributed by atoms with van der Waals surface area (Å²) in [5.41, 5.74) is 1.26. The summed E-state index contributed by atoms with van der Waals surface area (Å²) < 4.78 is 0. The Hall–Kier alpha value is -0.610. The molecule has 0 radical (unpaired) electrons. The number of nitrogens with zero attached hydrogens (tertiary/aromatic N) is 1. The molecular weight excluding hydrogens is 212 g/mol. The van der Waals surface area contributed by atoms with Crippen molar-refractivity contribution in [2.45, 2.75) is 12.8 Å². The van der Waals surface area contributed by atoms with Gasteiger partial charge in [-0.3, -0.25) is 4.90 Å². The van der Waals surface area contributed by atoms with Crippen LogP contribution in [0.15, 0.2) is 30.3 Å². The predicted molar refractivity (Wildman–Crippen MR) is 63.0 cm³/mol. The monoisotopic (exact) mass is 228 g/mol. The van der Waals surface area contributed by atoms with Crippen LogP contribution in [0.2, 0.25) is 0 Å². The van der Waals surface area contributed by atoms with Crippen LogP contribution >= 0.6 is 12.4 Å². The third-order valence-corrected chi connectivity index (χ3v) is 2.55.